The molecule has 1 rings (SSSR count). The van der Waals surface area contributed by atoms with Crippen LogP contribution in [0, 0.1) is 0 Å². The number of carboxylic acids is 1. The Balaban J connectivity index is 2.87. The molecule has 1 aromatic heterocycles. The lowest BCUT2D eigenvalue weighted by atomic mass is 10.2. The van der Waals surface area contributed by atoms with E-state index in [9.17, 15) is 26.4 Å². The predicted octanol–water partition coefficient (Wildman–Crippen LogP) is 0.588. The summed E-state index contributed by atoms with van der Waals surface area (Å²) in [6.07, 6.45) is -2.75. The lowest BCUT2D eigenvalue weighted by Crippen LogP contribution is -2.37. The number of anilines is 1. The van der Waals surface area contributed by atoms with Gasteiger partial charge in [0.15, 0.2) is 0 Å². The zero-order chi connectivity index (χ0) is 14.7. The number of halogens is 3. The van der Waals surface area contributed by atoms with Gasteiger partial charge >= 0.3 is 12.1 Å². The van der Waals surface area contributed by atoms with Crippen LogP contribution in [0.25, 0.3) is 0 Å². The van der Waals surface area contributed by atoms with Gasteiger partial charge in [-0.2, -0.15) is 26.3 Å². The van der Waals surface area contributed by atoms with Gasteiger partial charge in [0.2, 0.25) is 0 Å². The molecule has 1 heterocycles. The standard InChI is InChI=1S/C8H8F3N3O4S/c9-8(10,11)4-13-19(17,18)14-6-3-12-2-1-5(6)7(15)16/h1-3,13-14H,4H2,(H,15,16). The van der Waals surface area contributed by atoms with Crippen LogP contribution in [0.5, 0.6) is 0 Å². The molecule has 0 radical (unpaired) electrons. The van der Waals surface area contributed by atoms with Crippen molar-refractivity contribution in [1.82, 2.24) is 9.71 Å². The largest absolute Gasteiger partial charge is 0.478 e. The summed E-state index contributed by atoms with van der Waals surface area (Å²) in [6, 6.07) is 1.00. The smallest absolute Gasteiger partial charge is 0.402 e. The molecular formula is C8H8F3N3O4S. The quantitative estimate of drug-likeness (QED) is 0.737. The van der Waals surface area contributed by atoms with Gasteiger partial charge in [0.05, 0.1) is 17.4 Å². The first-order valence-corrected chi connectivity index (χ1v) is 6.10. The summed E-state index contributed by atoms with van der Waals surface area (Å²) in [6.45, 7) is -1.77. The van der Waals surface area contributed by atoms with Crippen LogP contribution in [-0.4, -0.2) is 37.2 Å². The van der Waals surface area contributed by atoms with E-state index in [1.54, 1.807) is 4.72 Å². The summed E-state index contributed by atoms with van der Waals surface area (Å²) in [5.74, 6) is -1.45. The molecule has 0 saturated carbocycles. The van der Waals surface area contributed by atoms with Crippen molar-refractivity contribution in [2.75, 3.05) is 11.3 Å². The highest BCUT2D eigenvalue weighted by Crippen LogP contribution is 2.16. The molecule has 0 aliphatic heterocycles. The van der Waals surface area contributed by atoms with E-state index in [1.807, 2.05) is 0 Å². The highest BCUT2D eigenvalue weighted by atomic mass is 32.2. The lowest BCUT2D eigenvalue weighted by Gasteiger charge is -2.12. The van der Waals surface area contributed by atoms with Crippen LogP contribution in [0.2, 0.25) is 0 Å². The summed E-state index contributed by atoms with van der Waals surface area (Å²) in [4.78, 5) is 14.2. The van der Waals surface area contributed by atoms with Gasteiger partial charge in [-0.1, -0.05) is 0 Å². The number of rotatable bonds is 5. The monoisotopic (exact) mass is 299 g/mol. The molecule has 19 heavy (non-hydrogen) atoms. The van der Waals surface area contributed by atoms with E-state index in [1.165, 1.54) is 4.72 Å². The number of carbonyl (C=O) groups is 1. The summed E-state index contributed by atoms with van der Waals surface area (Å²) in [5.41, 5.74) is -0.878. The molecule has 0 aliphatic rings. The van der Waals surface area contributed by atoms with Crippen molar-refractivity contribution in [2.45, 2.75) is 6.18 Å². The molecule has 0 aliphatic carbocycles. The first kappa shape index (κ1) is 15.2. The third kappa shape index (κ3) is 5.09. The van der Waals surface area contributed by atoms with E-state index in [-0.39, 0.29) is 0 Å². The van der Waals surface area contributed by atoms with Crippen molar-refractivity contribution in [3.05, 3.63) is 24.0 Å². The van der Waals surface area contributed by atoms with E-state index in [0.717, 1.165) is 18.5 Å². The Morgan fingerprint density at radius 1 is 1.42 bits per heavy atom. The minimum absolute atomic E-state index is 0.438. The van der Waals surface area contributed by atoms with Crippen LogP contribution in [0.15, 0.2) is 18.5 Å². The fraction of sp³-hybridized carbons (Fsp3) is 0.250. The first-order chi connectivity index (χ1) is 8.61. The molecule has 0 fully saturated rings. The van der Waals surface area contributed by atoms with Crippen molar-refractivity contribution < 1.29 is 31.5 Å². The molecular weight excluding hydrogens is 291 g/mol. The van der Waals surface area contributed by atoms with E-state index < -0.39 is 40.2 Å². The molecule has 0 amide bonds. The molecule has 0 aromatic carbocycles. The third-order valence-electron chi connectivity index (χ3n) is 1.76. The molecule has 11 heteroatoms. The Morgan fingerprint density at radius 2 is 2.05 bits per heavy atom. The fourth-order valence-electron chi connectivity index (χ4n) is 1.02. The molecule has 106 valence electrons. The Hall–Kier alpha value is -1.88. The van der Waals surface area contributed by atoms with Crippen LogP contribution in [-0.2, 0) is 10.2 Å². The first-order valence-electron chi connectivity index (χ1n) is 4.62. The minimum Gasteiger partial charge on any atom is -0.478 e. The number of nitrogens with zero attached hydrogens (tertiary/aromatic N) is 1. The Kier molecular flexibility index (Phi) is 4.32. The summed E-state index contributed by atoms with van der Waals surface area (Å²) < 4.78 is 61.1. The molecule has 0 spiro atoms. The maximum Gasteiger partial charge on any atom is 0.402 e. The number of aromatic nitrogens is 1. The normalized spacial score (nSPS) is 12.2. The zero-order valence-electron chi connectivity index (χ0n) is 9.10. The average molecular weight is 299 g/mol. The van der Waals surface area contributed by atoms with Gasteiger partial charge in [-0.15, -0.1) is 0 Å². The third-order valence-corrected chi connectivity index (χ3v) is 2.77. The molecule has 0 saturated heterocycles. The van der Waals surface area contributed by atoms with E-state index in [2.05, 4.69) is 4.98 Å². The second-order valence-electron chi connectivity index (χ2n) is 3.27. The Bertz CT molecular complexity index is 573. The molecule has 3 N–H and O–H groups in total. The van der Waals surface area contributed by atoms with Gasteiger partial charge in [0.1, 0.15) is 6.54 Å². The van der Waals surface area contributed by atoms with Crippen molar-refractivity contribution in [3.8, 4) is 0 Å². The number of hydrogen-bond acceptors (Lipinski definition) is 4. The number of aromatic carboxylic acids is 1. The van der Waals surface area contributed by atoms with Gasteiger partial charge in [0, 0.05) is 6.20 Å². The summed E-state index contributed by atoms with van der Waals surface area (Å²) >= 11 is 0. The van der Waals surface area contributed by atoms with Crippen molar-refractivity contribution in [1.29, 1.82) is 0 Å². The second-order valence-corrected chi connectivity index (χ2v) is 4.77. The van der Waals surface area contributed by atoms with Crippen LogP contribution in [0.3, 0.4) is 0 Å². The van der Waals surface area contributed by atoms with Gasteiger partial charge in [0.25, 0.3) is 10.2 Å². The number of hydrogen-bond donors (Lipinski definition) is 3. The van der Waals surface area contributed by atoms with Crippen molar-refractivity contribution in [2.24, 2.45) is 0 Å². The van der Waals surface area contributed by atoms with Gasteiger partial charge in [-0.25, -0.2) is 4.79 Å². The molecule has 7 nitrogen and oxygen atoms in total. The van der Waals surface area contributed by atoms with E-state index in [4.69, 9.17) is 5.11 Å². The number of pyridine rings is 1. The summed E-state index contributed by atoms with van der Waals surface area (Å²) in [7, 11) is -4.55. The molecule has 0 bridgehead atoms. The van der Waals surface area contributed by atoms with Crippen LogP contribution < -0.4 is 9.44 Å². The van der Waals surface area contributed by atoms with Gasteiger partial charge in [-0.05, 0) is 6.07 Å². The predicted molar refractivity (Wildman–Crippen MR) is 57.8 cm³/mol. The van der Waals surface area contributed by atoms with Crippen LogP contribution >= 0.6 is 0 Å². The maximum atomic E-state index is 11.9. The molecule has 1 aromatic rings. The summed E-state index contributed by atoms with van der Waals surface area (Å²) in [5, 5.41) is 8.76. The number of nitrogens with one attached hydrogen (secondary N) is 2. The fourth-order valence-corrected chi connectivity index (χ4v) is 1.90. The molecule has 0 atom stereocenters. The Labute approximate surface area is 105 Å². The van der Waals surface area contributed by atoms with Crippen LogP contribution in [0.4, 0.5) is 18.9 Å². The zero-order valence-corrected chi connectivity index (χ0v) is 9.92. The number of alkyl halides is 3. The SMILES string of the molecule is O=C(O)c1ccncc1NS(=O)(=O)NCC(F)(F)F. The highest BCUT2D eigenvalue weighted by Gasteiger charge is 2.29. The van der Waals surface area contributed by atoms with Gasteiger partial charge in [-0.3, -0.25) is 9.71 Å². The van der Waals surface area contributed by atoms with Crippen molar-refractivity contribution >= 4 is 21.9 Å². The Morgan fingerprint density at radius 3 is 2.58 bits per heavy atom. The number of carboxylic acid groups (broad SMARTS) is 1. The maximum absolute atomic E-state index is 11.9. The minimum atomic E-state index is -4.72. The average Bonchev–Trinajstić information content (AvgIpc) is 2.26. The highest BCUT2D eigenvalue weighted by molar-refractivity contribution is 7.90. The van der Waals surface area contributed by atoms with Crippen LogP contribution in [0.1, 0.15) is 10.4 Å². The van der Waals surface area contributed by atoms with E-state index in [0.29, 0.717) is 0 Å². The lowest BCUT2D eigenvalue weighted by molar-refractivity contribution is -0.121. The molecule has 0 unspecified atom stereocenters. The van der Waals surface area contributed by atoms with E-state index >= 15 is 0 Å². The van der Waals surface area contributed by atoms with Gasteiger partial charge < -0.3 is 5.11 Å². The topological polar surface area (TPSA) is 108 Å². The van der Waals surface area contributed by atoms with Crippen molar-refractivity contribution in [3.63, 3.8) is 0 Å². The second kappa shape index (κ2) is 5.40.